The molecule has 0 aliphatic carbocycles. The third kappa shape index (κ3) is 42.4. The summed E-state index contributed by atoms with van der Waals surface area (Å²) in [6.45, 7) is 5.45. The smallest absolute Gasteiger partial charge is 0.326 e. The van der Waals surface area contributed by atoms with Crippen molar-refractivity contribution in [2.45, 2.75) is 316 Å². The molecular weight excluding hydrogens is 1980 g/mol. The maximum Gasteiger partial charge on any atom is 0.326 e. The minimum absolute atomic E-state index is 0.00573. The Hall–Kier alpha value is -13.6. The highest BCUT2D eigenvalue weighted by molar-refractivity contribution is 7.80. The number of carboxylic acids is 1. The van der Waals surface area contributed by atoms with E-state index in [0.29, 0.717) is 73.8 Å². The molecule has 48 nitrogen and oxygen atoms in total. The fourth-order valence-electron chi connectivity index (χ4n) is 17.7. The molecule has 3 aliphatic heterocycles. The molecule has 828 valence electrons. The number of likely N-dealkylation sites (tertiary alicyclic amines) is 3. The second-order valence-electron chi connectivity index (χ2n) is 38.1. The summed E-state index contributed by atoms with van der Waals surface area (Å²) < 4.78 is 0. The molecule has 0 radical (unpaired) electrons. The Morgan fingerprint density at radius 1 is 0.400 bits per heavy atom. The van der Waals surface area contributed by atoms with Crippen molar-refractivity contribution < 1.29 is 102 Å². The van der Waals surface area contributed by atoms with Crippen LogP contribution < -0.4 is 108 Å². The number of rotatable bonds is 67. The number of hydrogen-bond donors (Lipinski definition) is 29. The van der Waals surface area contributed by atoms with Crippen LogP contribution in [-0.4, -0.2) is 318 Å². The summed E-state index contributed by atoms with van der Waals surface area (Å²) in [6, 6.07) is -4.45. The van der Waals surface area contributed by atoms with E-state index < -0.39 is 203 Å². The summed E-state index contributed by atoms with van der Waals surface area (Å²) in [5, 5.41) is 95.8. The summed E-state index contributed by atoms with van der Waals surface area (Å²) in [6.07, 6.45) is 14.7. The minimum Gasteiger partial charge on any atom is -0.508 e. The SMILES string of the molecule is CCCCCCCCCCCC(=O)NCCCC[C@H](NC(=O)[C@H](Cc1ccc(O)cc1)NC(=O)[C@H](CS)NC(=O)[C@H](Cc1ccc(O)cc1)NC(=O)[C@H](CCCNC(=N)N)NC(=O)[C@@H](N)CCNC(=O)[C@H]1CCCN1C(=O)[C@H](C)NC(=O)[C@H](CCCNC(=N)N)NC(=O)[C@H](CS)NC(=O)[C@H](C)NC(=O)[C@H](Cc1cnc[nH]1)NC(=O)[C@@H](N)Cc1ccc(O)cc1)C(=O)N[C@@H](CCCCN)C(=O)N1CCC[C@@H]1C(=O)N1CCC[C@H]1C(=O)O. The molecule has 50 heteroatoms. The number of aromatic amines is 1. The van der Waals surface area contributed by atoms with E-state index in [2.05, 4.69) is 122 Å². The lowest BCUT2D eigenvalue weighted by Gasteiger charge is -2.33. The minimum atomic E-state index is -1.62. The molecule has 0 bridgehead atoms. The fourth-order valence-corrected chi connectivity index (χ4v) is 18.2. The topological polar surface area (TPSA) is 768 Å². The summed E-state index contributed by atoms with van der Waals surface area (Å²) >= 11 is 8.75. The zero-order chi connectivity index (χ0) is 110. The van der Waals surface area contributed by atoms with Crippen molar-refractivity contribution in [3.05, 3.63) is 108 Å². The van der Waals surface area contributed by atoms with Gasteiger partial charge in [0.05, 0.1) is 18.4 Å². The molecule has 1 aromatic heterocycles. The van der Waals surface area contributed by atoms with Crippen molar-refractivity contribution in [2.24, 2.45) is 28.7 Å². The molecule has 16 atom stereocenters. The highest BCUT2D eigenvalue weighted by Gasteiger charge is 2.46. The summed E-state index contributed by atoms with van der Waals surface area (Å²) in [5.41, 5.74) is 31.6. The second-order valence-corrected chi connectivity index (χ2v) is 38.9. The molecule has 16 amide bonds. The molecule has 3 aliphatic rings. The number of benzene rings is 3. The lowest BCUT2D eigenvalue weighted by molar-refractivity contribution is -0.152. The number of amides is 16. The maximum atomic E-state index is 15.2. The third-order valence-corrected chi connectivity index (χ3v) is 27.0. The van der Waals surface area contributed by atoms with E-state index in [4.69, 9.17) is 39.5 Å². The van der Waals surface area contributed by atoms with Gasteiger partial charge in [-0.2, -0.15) is 25.3 Å². The number of unbranched alkanes of at least 4 members (excludes halogenated alkanes) is 10. The molecule has 0 spiro atoms. The van der Waals surface area contributed by atoms with E-state index >= 15 is 14.4 Å². The lowest BCUT2D eigenvalue weighted by Crippen LogP contribution is -2.61. The first-order valence-corrected chi connectivity index (χ1v) is 52.9. The van der Waals surface area contributed by atoms with Gasteiger partial charge in [0.25, 0.3) is 0 Å². The first kappa shape index (κ1) is 123. The Morgan fingerprint density at radius 3 is 1.29 bits per heavy atom. The van der Waals surface area contributed by atoms with Gasteiger partial charge in [-0.3, -0.25) is 87.5 Å². The van der Waals surface area contributed by atoms with Crippen molar-refractivity contribution in [3.63, 3.8) is 0 Å². The molecule has 4 heterocycles. The van der Waals surface area contributed by atoms with Crippen LogP contribution in [0.25, 0.3) is 0 Å². The second kappa shape index (κ2) is 65.4. The highest BCUT2D eigenvalue weighted by Crippen LogP contribution is 2.28. The molecule has 0 unspecified atom stereocenters. The number of thiol groups is 2. The summed E-state index contributed by atoms with van der Waals surface area (Å²) in [7, 11) is 0. The maximum absolute atomic E-state index is 15.2. The van der Waals surface area contributed by atoms with Gasteiger partial charge in [0, 0.05) is 94.9 Å². The van der Waals surface area contributed by atoms with Crippen LogP contribution in [0.2, 0.25) is 0 Å². The van der Waals surface area contributed by atoms with E-state index in [1.165, 1.54) is 121 Å². The summed E-state index contributed by atoms with van der Waals surface area (Å²) in [5.74, 6) is -15.5. The lowest BCUT2D eigenvalue weighted by atomic mass is 10.0. The average Bonchev–Trinajstić information content (AvgIpc) is 1.65. The van der Waals surface area contributed by atoms with E-state index in [0.717, 1.165) is 32.1 Å². The quantitative estimate of drug-likeness (QED) is 0.00994. The number of carboxylic acid groups (broad SMARTS) is 1. The number of phenolic OH excluding ortho intramolecular Hbond substituents is 3. The van der Waals surface area contributed by atoms with Gasteiger partial charge in [-0.15, -0.1) is 0 Å². The Morgan fingerprint density at radius 2 is 0.787 bits per heavy atom. The number of aliphatic carboxylic acids is 1. The molecule has 0 saturated carbocycles. The predicted molar refractivity (Wildman–Crippen MR) is 563 cm³/mol. The number of carbonyl (C=O) groups is 17. The van der Waals surface area contributed by atoms with Crippen molar-refractivity contribution in [1.82, 2.24) is 104 Å². The van der Waals surface area contributed by atoms with Crippen molar-refractivity contribution in [2.75, 3.05) is 63.9 Å². The molecule has 3 saturated heterocycles. The van der Waals surface area contributed by atoms with Crippen LogP contribution in [0, 0.1) is 10.8 Å². The van der Waals surface area contributed by atoms with Gasteiger partial charge in [-0.1, -0.05) is 94.7 Å². The van der Waals surface area contributed by atoms with E-state index in [1.807, 2.05) is 0 Å². The van der Waals surface area contributed by atoms with Crippen LogP contribution in [0.5, 0.6) is 17.2 Å². The van der Waals surface area contributed by atoms with Gasteiger partial charge in [-0.25, -0.2) is 9.78 Å². The number of phenols is 3. The van der Waals surface area contributed by atoms with Crippen LogP contribution in [-0.2, 0) is 107 Å². The third-order valence-electron chi connectivity index (χ3n) is 26.2. The number of H-pyrrole nitrogens is 1. The summed E-state index contributed by atoms with van der Waals surface area (Å²) in [4.78, 5) is 252. The number of guanidine groups is 2. The largest absolute Gasteiger partial charge is 0.508 e. The molecular formula is C100H155N27O21S2. The molecule has 3 aromatic carbocycles. The first-order valence-electron chi connectivity index (χ1n) is 51.7. The van der Waals surface area contributed by atoms with Gasteiger partial charge < -0.3 is 149 Å². The number of nitrogens with zero attached hydrogens (tertiary/aromatic N) is 4. The van der Waals surface area contributed by atoms with Crippen LogP contribution in [0.15, 0.2) is 85.3 Å². The predicted octanol–water partition coefficient (Wildman–Crippen LogP) is -1.89. The van der Waals surface area contributed by atoms with Crippen molar-refractivity contribution in [3.8, 4) is 17.2 Å². The monoisotopic (exact) mass is 2130 g/mol. The number of imidazole rings is 1. The van der Waals surface area contributed by atoms with Gasteiger partial charge >= 0.3 is 5.97 Å². The van der Waals surface area contributed by atoms with Crippen molar-refractivity contribution in [1.29, 1.82) is 10.8 Å². The van der Waals surface area contributed by atoms with E-state index in [1.54, 1.807) is 12.1 Å². The van der Waals surface area contributed by atoms with Gasteiger partial charge in [0.1, 0.15) is 102 Å². The molecule has 7 rings (SSSR count). The fraction of sp³-hybridized carbons (Fsp3) is 0.600. The molecule has 150 heavy (non-hydrogen) atoms. The van der Waals surface area contributed by atoms with Crippen molar-refractivity contribution >= 4 is 138 Å². The molecule has 32 N–H and O–H groups in total. The number of carbonyl (C=O) groups excluding carboxylic acids is 16. The Bertz CT molecular complexity index is 5100. The standard InChI is InChI=1S/C100H155N27O21S2/c1-4-5-6-7-8-9-10-11-12-29-82(131)109-44-16-14-22-70(87(136)119-73(23-13-15-43-101)96(145)126-49-20-27-80(126)97(146)127-50-21-28-81(127)98(147)148)117-90(139)74(52-62-32-38-66(129)39-33-62)122-93(142)78(57-150)124-91(140)75(53-63-34-40-67(130)41-35-63)121-88(137)72(25-18-46-112-100(106)107)116-84(133)68(102)42-47-110-94(143)79-26-19-48-125(79)95(144)60(3)115-86(135)71(24-17-45-111-99(104)105)118-92(141)77(56-149)123-83(132)59(2)114-89(138)76(54-64-55-108-58-113-64)120-85(134)69(103)51-61-30-36-65(128)37-31-61/h30-41,55,58-60,68-81,128-130,149-150H,4-29,42-54,56-57,101-103H2,1-3H3,(H,108,113)(H,109,131)(H,110,143)(H,114,138)(H,115,135)(H,116,133)(H,117,139)(H,118,141)(H,119,136)(H,120,134)(H,121,137)(H,122,142)(H,123,132)(H,124,140)(H,147,148)(H4,104,105,111)(H4,106,107,112)/t59-,60-,68-,69-,70-,71-,72-,73-,74-,75-,76-,77-,78-,79+,80+,81-/m0/s1. The Labute approximate surface area is 884 Å². The molecule has 4 aromatic rings. The Kier molecular flexibility index (Phi) is 53.7. The first-order chi connectivity index (χ1) is 71.7. The van der Waals surface area contributed by atoms with Gasteiger partial charge in [-0.05, 0) is 195 Å². The average molecular weight is 2140 g/mol. The zero-order valence-electron chi connectivity index (χ0n) is 85.6. The van der Waals surface area contributed by atoms with Crippen LogP contribution in [0.3, 0.4) is 0 Å². The van der Waals surface area contributed by atoms with Crippen LogP contribution >= 0.6 is 25.3 Å². The number of nitrogens with two attached hydrogens (primary N) is 5. The highest BCUT2D eigenvalue weighted by atomic mass is 32.1. The van der Waals surface area contributed by atoms with E-state index in [9.17, 15) is 87.5 Å². The van der Waals surface area contributed by atoms with Gasteiger partial charge in [0.2, 0.25) is 94.5 Å². The zero-order valence-corrected chi connectivity index (χ0v) is 87.4. The number of nitrogens with one attached hydrogen (secondary N) is 18. The molecule has 3 fully saturated rings. The van der Waals surface area contributed by atoms with Crippen LogP contribution in [0.1, 0.15) is 217 Å². The van der Waals surface area contributed by atoms with Gasteiger partial charge in [0.15, 0.2) is 11.9 Å². The normalized spacial score (nSPS) is 16.8. The number of aromatic nitrogens is 2. The number of aromatic hydroxyl groups is 3. The Balaban J connectivity index is 1.01. The van der Waals surface area contributed by atoms with E-state index in [-0.39, 0.29) is 184 Å². The van der Waals surface area contributed by atoms with Crippen LogP contribution in [0.4, 0.5) is 0 Å². The number of hydrogen-bond acceptors (Lipinski definition) is 28.